The highest BCUT2D eigenvalue weighted by molar-refractivity contribution is 9.10. The van der Waals surface area contributed by atoms with Gasteiger partial charge in [0.1, 0.15) is 6.10 Å². The van der Waals surface area contributed by atoms with Crippen molar-refractivity contribution in [2.75, 3.05) is 12.9 Å². The molecule has 132 valence electrons. The molecular weight excluding hydrogens is 420 g/mol. The predicted octanol–water partition coefficient (Wildman–Crippen LogP) is 4.19. The fraction of sp³-hybridized carbons (Fsp3) is 0.533. The van der Waals surface area contributed by atoms with Gasteiger partial charge in [-0.3, -0.25) is 4.18 Å². The van der Waals surface area contributed by atoms with E-state index >= 15 is 0 Å². The summed E-state index contributed by atoms with van der Waals surface area (Å²) >= 11 is 9.94. The van der Waals surface area contributed by atoms with Gasteiger partial charge in [-0.1, -0.05) is 11.6 Å². The van der Waals surface area contributed by atoms with Crippen molar-refractivity contribution in [3.05, 3.63) is 27.3 Å². The molecule has 1 aromatic carbocycles. The molecule has 0 N–H and O–H groups in total. The minimum atomic E-state index is -3.59. The van der Waals surface area contributed by atoms with E-state index in [0.717, 1.165) is 43.0 Å². The first-order chi connectivity index (χ1) is 11.3. The number of fused-ring (bicyclic) bond motifs is 1. The number of rotatable bonds is 4. The molecule has 0 bridgehead atoms. The maximum absolute atomic E-state index is 11.4. The number of aromatic nitrogens is 2. The summed E-state index contributed by atoms with van der Waals surface area (Å²) in [4.78, 5) is 0. The zero-order valence-electron chi connectivity index (χ0n) is 13.3. The van der Waals surface area contributed by atoms with Crippen LogP contribution in [0.5, 0.6) is 0 Å². The Hall–Kier alpha value is -0.670. The first-order valence-corrected chi connectivity index (χ1v) is 10.6. The van der Waals surface area contributed by atoms with Gasteiger partial charge in [0.05, 0.1) is 18.0 Å². The topological polar surface area (TPSA) is 70.4 Å². The monoisotopic (exact) mass is 436 g/mol. The maximum atomic E-state index is 11.4. The van der Waals surface area contributed by atoms with Crippen molar-refractivity contribution in [1.29, 1.82) is 0 Å². The molecule has 3 rings (SSSR count). The molecule has 0 saturated carbocycles. The van der Waals surface area contributed by atoms with Crippen LogP contribution in [0.2, 0.25) is 5.02 Å². The summed E-state index contributed by atoms with van der Waals surface area (Å²) in [7, 11) is -3.59. The summed E-state index contributed by atoms with van der Waals surface area (Å²) in [6, 6.07) is 1.78. The number of nitrogens with zero attached hydrogens (tertiary/aromatic N) is 2. The average Bonchev–Trinajstić information content (AvgIpc) is 2.90. The van der Waals surface area contributed by atoms with E-state index < -0.39 is 16.2 Å². The van der Waals surface area contributed by atoms with Crippen LogP contribution in [0.25, 0.3) is 10.9 Å². The van der Waals surface area contributed by atoms with Crippen LogP contribution in [-0.4, -0.2) is 31.1 Å². The van der Waals surface area contributed by atoms with Crippen molar-refractivity contribution in [3.63, 3.8) is 0 Å². The van der Waals surface area contributed by atoms with E-state index in [2.05, 4.69) is 21.0 Å². The molecule has 0 radical (unpaired) electrons. The van der Waals surface area contributed by atoms with Gasteiger partial charge in [-0.15, -0.1) is 0 Å². The molecule has 1 fully saturated rings. The highest BCUT2D eigenvalue weighted by atomic mass is 79.9. The van der Waals surface area contributed by atoms with E-state index in [1.807, 2.05) is 4.68 Å². The van der Waals surface area contributed by atoms with Gasteiger partial charge in [0.15, 0.2) is 6.23 Å². The largest absolute Gasteiger partial charge is 0.356 e. The third kappa shape index (κ3) is 3.62. The lowest BCUT2D eigenvalue weighted by atomic mass is 10.1. The molecule has 9 heteroatoms. The van der Waals surface area contributed by atoms with Crippen molar-refractivity contribution in [1.82, 2.24) is 9.78 Å². The van der Waals surface area contributed by atoms with Gasteiger partial charge in [0.25, 0.3) is 10.1 Å². The van der Waals surface area contributed by atoms with Gasteiger partial charge in [-0.05, 0) is 48.2 Å². The average molecular weight is 438 g/mol. The lowest BCUT2D eigenvalue weighted by Gasteiger charge is -2.24. The molecule has 1 aliphatic rings. The standard InChI is InChI=1S/C15H18BrClN2O4S/c1-9(23-24(2,20)21)14-11(17)7-12-10(15(14)16)8-18-19(12)13-5-3-4-6-22-13/h7-9,13H,3-6H2,1-2H3. The third-order valence-corrected chi connectivity index (χ3v) is 5.79. The van der Waals surface area contributed by atoms with Crippen LogP contribution in [0, 0.1) is 0 Å². The van der Waals surface area contributed by atoms with E-state index in [1.54, 1.807) is 19.2 Å². The molecule has 2 atom stereocenters. The zero-order chi connectivity index (χ0) is 17.5. The van der Waals surface area contributed by atoms with E-state index in [1.165, 1.54) is 0 Å². The molecule has 6 nitrogen and oxygen atoms in total. The second-order valence-electron chi connectivity index (χ2n) is 5.87. The van der Waals surface area contributed by atoms with Crippen molar-refractivity contribution in [2.45, 2.75) is 38.5 Å². The van der Waals surface area contributed by atoms with Crippen LogP contribution in [0.1, 0.15) is 44.1 Å². The molecule has 2 heterocycles. The molecule has 0 spiro atoms. The maximum Gasteiger partial charge on any atom is 0.264 e. The molecule has 2 aromatic rings. The van der Waals surface area contributed by atoms with Crippen LogP contribution in [0.3, 0.4) is 0 Å². The van der Waals surface area contributed by atoms with Crippen molar-refractivity contribution in [2.24, 2.45) is 0 Å². The number of ether oxygens (including phenoxy) is 1. The molecule has 1 aromatic heterocycles. The highest BCUT2D eigenvalue weighted by Gasteiger charge is 2.24. The molecule has 0 amide bonds. The minimum absolute atomic E-state index is 0.102. The Bertz CT molecular complexity index is 862. The molecule has 0 aliphatic carbocycles. The minimum Gasteiger partial charge on any atom is -0.356 e. The number of hydrogen-bond acceptors (Lipinski definition) is 5. The smallest absolute Gasteiger partial charge is 0.264 e. The number of benzene rings is 1. The Balaban J connectivity index is 2.05. The zero-order valence-corrected chi connectivity index (χ0v) is 16.5. The fourth-order valence-corrected chi connectivity index (χ4v) is 4.89. The lowest BCUT2D eigenvalue weighted by Crippen LogP contribution is -2.19. The molecule has 1 saturated heterocycles. The Morgan fingerprint density at radius 3 is 2.88 bits per heavy atom. The summed E-state index contributed by atoms with van der Waals surface area (Å²) in [6.07, 6.45) is 4.99. The molecule has 2 unspecified atom stereocenters. The summed E-state index contributed by atoms with van der Waals surface area (Å²) in [6.45, 7) is 2.37. The molecule has 24 heavy (non-hydrogen) atoms. The first kappa shape index (κ1) is 18.1. The quantitative estimate of drug-likeness (QED) is 0.671. The van der Waals surface area contributed by atoms with Crippen molar-refractivity contribution in [3.8, 4) is 0 Å². The third-order valence-electron chi connectivity index (χ3n) is 3.98. The van der Waals surface area contributed by atoms with Crippen LogP contribution in [0.15, 0.2) is 16.7 Å². The molecule has 1 aliphatic heterocycles. The number of halogens is 2. The fourth-order valence-electron chi connectivity index (χ4n) is 2.96. The predicted molar refractivity (Wildman–Crippen MR) is 95.6 cm³/mol. The summed E-state index contributed by atoms with van der Waals surface area (Å²) in [5, 5.41) is 5.70. The first-order valence-electron chi connectivity index (χ1n) is 7.63. The van der Waals surface area contributed by atoms with Crippen LogP contribution < -0.4 is 0 Å². The second-order valence-corrected chi connectivity index (χ2v) is 8.67. The Kier molecular flexibility index (Phi) is 5.22. The number of hydrogen-bond donors (Lipinski definition) is 0. The normalized spacial score (nSPS) is 20.4. The van der Waals surface area contributed by atoms with Gasteiger partial charge >= 0.3 is 0 Å². The van der Waals surface area contributed by atoms with Crippen molar-refractivity contribution >= 4 is 48.6 Å². The highest BCUT2D eigenvalue weighted by Crippen LogP contribution is 2.40. The Morgan fingerprint density at radius 2 is 2.25 bits per heavy atom. The SMILES string of the molecule is CC(OS(C)(=O)=O)c1c(Cl)cc2c(cnn2C2CCCCO2)c1Br. The van der Waals surface area contributed by atoms with Crippen LogP contribution in [0.4, 0.5) is 0 Å². The van der Waals surface area contributed by atoms with E-state index in [4.69, 9.17) is 20.5 Å². The Morgan fingerprint density at radius 1 is 1.50 bits per heavy atom. The lowest BCUT2D eigenvalue weighted by molar-refractivity contribution is -0.0366. The van der Waals surface area contributed by atoms with Crippen LogP contribution in [-0.2, 0) is 19.0 Å². The summed E-state index contributed by atoms with van der Waals surface area (Å²) in [5.41, 5.74) is 1.42. The van der Waals surface area contributed by atoms with Crippen molar-refractivity contribution < 1.29 is 17.3 Å². The van der Waals surface area contributed by atoms with E-state index in [0.29, 0.717) is 15.1 Å². The van der Waals surface area contributed by atoms with Gasteiger partial charge in [-0.25, -0.2) is 4.68 Å². The van der Waals surface area contributed by atoms with Gasteiger partial charge in [0.2, 0.25) is 0 Å². The van der Waals surface area contributed by atoms with Crippen LogP contribution >= 0.6 is 27.5 Å². The van der Waals surface area contributed by atoms with Gasteiger partial charge < -0.3 is 4.74 Å². The van der Waals surface area contributed by atoms with E-state index in [-0.39, 0.29) is 6.23 Å². The second kappa shape index (κ2) is 6.92. The summed E-state index contributed by atoms with van der Waals surface area (Å²) < 4.78 is 36.2. The Labute approximate surface area is 154 Å². The summed E-state index contributed by atoms with van der Waals surface area (Å²) in [5.74, 6) is 0. The van der Waals surface area contributed by atoms with Gasteiger partial charge in [0, 0.05) is 27.1 Å². The molecular formula is C15H18BrClN2O4S. The van der Waals surface area contributed by atoms with E-state index in [9.17, 15) is 8.42 Å². The van der Waals surface area contributed by atoms with Gasteiger partial charge in [-0.2, -0.15) is 13.5 Å².